The Kier molecular flexibility index (Phi) is 4.51. The van der Waals surface area contributed by atoms with Crippen molar-refractivity contribution in [2.24, 2.45) is 34.5 Å². The molecular formula is C22H34O4. The molecule has 4 aliphatic carbocycles. The Morgan fingerprint density at radius 3 is 2.69 bits per heavy atom. The third kappa shape index (κ3) is 2.67. The van der Waals surface area contributed by atoms with Gasteiger partial charge in [-0.05, 0) is 85.9 Å². The van der Waals surface area contributed by atoms with E-state index in [1.807, 2.05) is 0 Å². The predicted octanol–water partition coefficient (Wildman–Crippen LogP) is 3.76. The monoisotopic (exact) mass is 362 g/mol. The minimum atomic E-state index is -0.892. The molecule has 0 aliphatic heterocycles. The molecule has 26 heavy (non-hydrogen) atoms. The van der Waals surface area contributed by atoms with Crippen LogP contribution in [0.3, 0.4) is 0 Å². The van der Waals surface area contributed by atoms with Crippen LogP contribution in [0.15, 0.2) is 11.6 Å². The second-order valence-corrected chi connectivity index (χ2v) is 10.0. The molecule has 0 aromatic heterocycles. The van der Waals surface area contributed by atoms with Crippen molar-refractivity contribution < 1.29 is 20.1 Å². The second-order valence-electron chi connectivity index (χ2n) is 10.0. The number of aliphatic carboxylic acids is 1. The molecule has 0 bridgehead atoms. The molecular weight excluding hydrogens is 328 g/mol. The number of fused-ring (bicyclic) bond motifs is 5. The highest BCUT2D eigenvalue weighted by atomic mass is 16.4. The van der Waals surface area contributed by atoms with Gasteiger partial charge in [-0.1, -0.05) is 25.5 Å². The van der Waals surface area contributed by atoms with Gasteiger partial charge in [-0.2, -0.15) is 0 Å². The highest BCUT2D eigenvalue weighted by Crippen LogP contribution is 2.66. The number of rotatable bonds is 3. The first kappa shape index (κ1) is 18.5. The van der Waals surface area contributed by atoms with Gasteiger partial charge in [0, 0.05) is 0 Å². The summed E-state index contributed by atoms with van der Waals surface area (Å²) < 4.78 is 0. The highest BCUT2D eigenvalue weighted by Gasteiger charge is 2.59. The Labute approximate surface area is 156 Å². The Balaban J connectivity index is 1.59. The number of aliphatic hydroxyl groups excluding tert-OH is 2. The van der Waals surface area contributed by atoms with Crippen molar-refractivity contribution in [1.82, 2.24) is 0 Å². The molecule has 0 saturated heterocycles. The molecule has 3 fully saturated rings. The fourth-order valence-electron chi connectivity index (χ4n) is 7.64. The average molecular weight is 363 g/mol. The Morgan fingerprint density at radius 1 is 1.19 bits per heavy atom. The minimum Gasteiger partial charge on any atom is -0.481 e. The quantitative estimate of drug-likeness (QED) is 0.668. The first-order valence-corrected chi connectivity index (χ1v) is 10.5. The summed E-state index contributed by atoms with van der Waals surface area (Å²) >= 11 is 0. The topological polar surface area (TPSA) is 77.8 Å². The lowest BCUT2D eigenvalue weighted by Crippen LogP contribution is -2.51. The average Bonchev–Trinajstić information content (AvgIpc) is 2.92. The summed E-state index contributed by atoms with van der Waals surface area (Å²) in [7, 11) is 0. The SMILES string of the molecule is C[C@]12CC[C@H]3[C@@H](CC=C4C[C@@H](O)CC[C@@]43C)[C@@H]1CC[C@@H]2[C@H](O)CC(=O)O. The van der Waals surface area contributed by atoms with Crippen LogP contribution in [0.5, 0.6) is 0 Å². The molecule has 3 saturated carbocycles. The van der Waals surface area contributed by atoms with Crippen LogP contribution in [0.25, 0.3) is 0 Å². The van der Waals surface area contributed by atoms with Crippen LogP contribution in [0.4, 0.5) is 0 Å². The number of hydrogen-bond acceptors (Lipinski definition) is 3. The molecule has 146 valence electrons. The van der Waals surface area contributed by atoms with Crippen molar-refractivity contribution >= 4 is 5.97 Å². The van der Waals surface area contributed by atoms with Crippen molar-refractivity contribution in [3.63, 3.8) is 0 Å². The number of aliphatic hydroxyl groups is 2. The Hall–Kier alpha value is -0.870. The van der Waals surface area contributed by atoms with Gasteiger partial charge in [0.1, 0.15) is 0 Å². The molecule has 0 amide bonds. The number of hydrogen-bond donors (Lipinski definition) is 3. The van der Waals surface area contributed by atoms with E-state index in [1.54, 1.807) is 0 Å². The van der Waals surface area contributed by atoms with Crippen molar-refractivity contribution in [2.45, 2.75) is 83.8 Å². The Bertz CT molecular complexity index is 613. The van der Waals surface area contributed by atoms with E-state index in [4.69, 9.17) is 5.11 Å². The van der Waals surface area contributed by atoms with Gasteiger partial charge in [-0.25, -0.2) is 0 Å². The molecule has 8 atom stereocenters. The maximum atomic E-state index is 11.1. The molecule has 3 N–H and O–H groups in total. The fourth-order valence-corrected chi connectivity index (χ4v) is 7.64. The normalized spacial score (nSPS) is 48.8. The number of carbonyl (C=O) groups is 1. The van der Waals surface area contributed by atoms with Crippen LogP contribution < -0.4 is 0 Å². The van der Waals surface area contributed by atoms with Crippen LogP contribution >= 0.6 is 0 Å². The summed E-state index contributed by atoms with van der Waals surface area (Å²) in [6.45, 7) is 4.75. The zero-order valence-electron chi connectivity index (χ0n) is 16.2. The molecule has 4 rings (SSSR count). The smallest absolute Gasteiger partial charge is 0.305 e. The summed E-state index contributed by atoms with van der Waals surface area (Å²) in [4.78, 5) is 11.1. The molecule has 0 radical (unpaired) electrons. The molecule has 4 heteroatoms. The van der Waals surface area contributed by atoms with E-state index in [0.29, 0.717) is 17.8 Å². The van der Waals surface area contributed by atoms with Gasteiger partial charge in [-0.15, -0.1) is 0 Å². The van der Waals surface area contributed by atoms with E-state index < -0.39 is 12.1 Å². The summed E-state index contributed by atoms with van der Waals surface area (Å²) in [6, 6.07) is 0. The van der Waals surface area contributed by atoms with Gasteiger partial charge in [0.05, 0.1) is 18.6 Å². The van der Waals surface area contributed by atoms with Gasteiger partial charge < -0.3 is 15.3 Å². The van der Waals surface area contributed by atoms with Crippen LogP contribution in [-0.2, 0) is 4.79 Å². The standard InChI is InChI=1S/C22H34O4/c1-21-9-7-14(23)11-13(21)3-4-15-16-5-6-18(19(24)12-20(25)26)22(16,2)10-8-17(15)21/h3,14-19,23-24H,4-12H2,1-2H3,(H,25,26)/t14-,15-,16-,17-,18+,19+,21-,22-/m0/s1. The first-order valence-electron chi connectivity index (χ1n) is 10.5. The highest BCUT2D eigenvalue weighted by molar-refractivity contribution is 5.67. The van der Waals surface area contributed by atoms with E-state index in [1.165, 1.54) is 12.0 Å². The van der Waals surface area contributed by atoms with Crippen LogP contribution in [-0.4, -0.2) is 33.5 Å². The summed E-state index contributed by atoms with van der Waals surface area (Å²) in [6.07, 6.45) is 9.75. The summed E-state index contributed by atoms with van der Waals surface area (Å²) in [5.41, 5.74) is 1.80. The lowest BCUT2D eigenvalue weighted by molar-refractivity contribution is -0.141. The van der Waals surface area contributed by atoms with Crippen LogP contribution in [0, 0.1) is 34.5 Å². The van der Waals surface area contributed by atoms with Crippen molar-refractivity contribution in [3.05, 3.63) is 11.6 Å². The Morgan fingerprint density at radius 2 is 1.96 bits per heavy atom. The van der Waals surface area contributed by atoms with Gasteiger partial charge in [0.2, 0.25) is 0 Å². The van der Waals surface area contributed by atoms with E-state index in [2.05, 4.69) is 19.9 Å². The van der Waals surface area contributed by atoms with Crippen molar-refractivity contribution in [2.75, 3.05) is 0 Å². The van der Waals surface area contributed by atoms with Crippen LogP contribution in [0.1, 0.15) is 71.6 Å². The molecule has 0 aromatic carbocycles. The molecule has 0 aromatic rings. The largest absolute Gasteiger partial charge is 0.481 e. The number of allylic oxidation sites excluding steroid dienone is 1. The molecule has 0 unspecified atom stereocenters. The predicted molar refractivity (Wildman–Crippen MR) is 99.5 cm³/mol. The van der Waals surface area contributed by atoms with Gasteiger partial charge in [-0.3, -0.25) is 4.79 Å². The van der Waals surface area contributed by atoms with E-state index >= 15 is 0 Å². The number of carboxylic acid groups (broad SMARTS) is 1. The van der Waals surface area contributed by atoms with Gasteiger partial charge in [0.25, 0.3) is 0 Å². The second kappa shape index (κ2) is 6.34. The van der Waals surface area contributed by atoms with Gasteiger partial charge in [0.15, 0.2) is 0 Å². The zero-order chi connectivity index (χ0) is 18.7. The lowest BCUT2D eigenvalue weighted by atomic mass is 9.47. The van der Waals surface area contributed by atoms with Crippen molar-refractivity contribution in [1.29, 1.82) is 0 Å². The number of carboxylic acids is 1. The van der Waals surface area contributed by atoms with Crippen molar-refractivity contribution in [3.8, 4) is 0 Å². The maximum Gasteiger partial charge on any atom is 0.305 e. The summed E-state index contributed by atoms with van der Waals surface area (Å²) in [5, 5.41) is 29.8. The zero-order valence-corrected chi connectivity index (χ0v) is 16.2. The molecule has 4 nitrogen and oxygen atoms in total. The maximum absolute atomic E-state index is 11.1. The lowest BCUT2D eigenvalue weighted by Gasteiger charge is -2.58. The molecule has 4 aliphatic rings. The summed E-state index contributed by atoms with van der Waals surface area (Å²) in [5.74, 6) is 1.16. The van der Waals surface area contributed by atoms with E-state index in [-0.39, 0.29) is 29.3 Å². The third-order valence-corrected chi connectivity index (χ3v) is 9.00. The third-order valence-electron chi connectivity index (χ3n) is 9.00. The van der Waals surface area contributed by atoms with Gasteiger partial charge >= 0.3 is 5.97 Å². The molecule has 0 spiro atoms. The van der Waals surface area contributed by atoms with Crippen LogP contribution in [0.2, 0.25) is 0 Å². The fraction of sp³-hybridized carbons (Fsp3) is 0.864. The van der Waals surface area contributed by atoms with E-state index in [0.717, 1.165) is 44.9 Å². The molecule has 0 heterocycles. The minimum absolute atomic E-state index is 0.0753. The van der Waals surface area contributed by atoms with E-state index in [9.17, 15) is 15.0 Å². The first-order chi connectivity index (χ1) is 12.3.